The van der Waals surface area contributed by atoms with Gasteiger partial charge in [0.25, 0.3) is 0 Å². The van der Waals surface area contributed by atoms with E-state index in [0.717, 1.165) is 12.1 Å². The second-order valence-electron chi connectivity index (χ2n) is 7.61. The molecule has 2 N–H and O–H groups in total. The molecule has 1 aliphatic rings. The SMILES string of the molecule is COc1ccc([C@@H](CC(=O)Nc2cc(C(F)(F)F)ccc2N2CCOCC2)NC(C)=O)cc1. The van der Waals surface area contributed by atoms with Gasteiger partial charge in [-0.2, -0.15) is 13.2 Å². The molecule has 1 saturated heterocycles. The first-order valence-electron chi connectivity index (χ1n) is 10.4. The maximum Gasteiger partial charge on any atom is 0.416 e. The zero-order chi connectivity index (χ0) is 24.0. The summed E-state index contributed by atoms with van der Waals surface area (Å²) in [6.07, 6.45) is -4.71. The molecule has 0 saturated carbocycles. The quantitative estimate of drug-likeness (QED) is 0.651. The first-order chi connectivity index (χ1) is 15.7. The van der Waals surface area contributed by atoms with Gasteiger partial charge in [0, 0.05) is 20.0 Å². The lowest BCUT2D eigenvalue weighted by atomic mass is 10.0. The van der Waals surface area contributed by atoms with Gasteiger partial charge in [-0.3, -0.25) is 9.59 Å². The molecule has 1 fully saturated rings. The van der Waals surface area contributed by atoms with Crippen LogP contribution in [0.2, 0.25) is 0 Å². The number of benzene rings is 2. The molecule has 33 heavy (non-hydrogen) atoms. The third-order valence-electron chi connectivity index (χ3n) is 5.23. The summed E-state index contributed by atoms with van der Waals surface area (Å²) in [5, 5.41) is 5.34. The smallest absolute Gasteiger partial charge is 0.416 e. The van der Waals surface area contributed by atoms with Crippen LogP contribution in [0.5, 0.6) is 5.75 Å². The summed E-state index contributed by atoms with van der Waals surface area (Å²) < 4.78 is 50.4. The number of nitrogens with one attached hydrogen (secondary N) is 2. The van der Waals surface area contributed by atoms with Crippen LogP contribution in [0.25, 0.3) is 0 Å². The van der Waals surface area contributed by atoms with E-state index in [2.05, 4.69) is 10.6 Å². The van der Waals surface area contributed by atoms with Crippen molar-refractivity contribution >= 4 is 23.2 Å². The highest BCUT2D eigenvalue weighted by atomic mass is 19.4. The topological polar surface area (TPSA) is 79.9 Å². The summed E-state index contributed by atoms with van der Waals surface area (Å²) in [7, 11) is 1.52. The van der Waals surface area contributed by atoms with Gasteiger partial charge in [0.1, 0.15) is 5.75 Å². The number of hydrogen-bond donors (Lipinski definition) is 2. The number of morpholine rings is 1. The Morgan fingerprint density at radius 2 is 1.79 bits per heavy atom. The summed E-state index contributed by atoms with van der Waals surface area (Å²) in [5.41, 5.74) is 0.357. The average molecular weight is 465 g/mol. The second kappa shape index (κ2) is 10.6. The first kappa shape index (κ1) is 24.4. The number of halogens is 3. The molecule has 178 valence electrons. The Morgan fingerprint density at radius 3 is 2.36 bits per heavy atom. The molecule has 0 bridgehead atoms. The molecule has 2 amide bonds. The lowest BCUT2D eigenvalue weighted by molar-refractivity contribution is -0.137. The fraction of sp³-hybridized carbons (Fsp3) is 0.391. The Kier molecular flexibility index (Phi) is 7.80. The third-order valence-corrected chi connectivity index (χ3v) is 5.23. The van der Waals surface area contributed by atoms with Crippen molar-refractivity contribution in [2.24, 2.45) is 0 Å². The van der Waals surface area contributed by atoms with Crippen LogP contribution >= 0.6 is 0 Å². The number of hydrogen-bond acceptors (Lipinski definition) is 5. The van der Waals surface area contributed by atoms with E-state index in [9.17, 15) is 22.8 Å². The molecular formula is C23H26F3N3O4. The van der Waals surface area contributed by atoms with Gasteiger partial charge >= 0.3 is 6.18 Å². The van der Waals surface area contributed by atoms with Gasteiger partial charge < -0.3 is 25.0 Å². The number of nitrogens with zero attached hydrogens (tertiary/aromatic N) is 1. The normalized spacial score (nSPS) is 15.0. The molecule has 0 spiro atoms. The highest BCUT2D eigenvalue weighted by Gasteiger charge is 2.32. The van der Waals surface area contributed by atoms with E-state index in [1.54, 1.807) is 24.3 Å². The zero-order valence-electron chi connectivity index (χ0n) is 18.4. The van der Waals surface area contributed by atoms with Gasteiger partial charge in [0.05, 0.1) is 49.7 Å². The van der Waals surface area contributed by atoms with Crippen molar-refractivity contribution in [3.05, 3.63) is 53.6 Å². The summed E-state index contributed by atoms with van der Waals surface area (Å²) in [5.74, 6) is -0.251. The standard InChI is InChI=1S/C23H26F3N3O4/c1-15(30)27-19(16-3-6-18(32-2)7-4-16)14-22(31)28-20-13-17(23(24,25)26)5-8-21(20)29-9-11-33-12-10-29/h3-8,13,19H,9-12,14H2,1-2H3,(H,27,30)(H,28,31)/t19-/m1/s1. The van der Waals surface area contributed by atoms with Crippen molar-refractivity contribution < 1.29 is 32.2 Å². The van der Waals surface area contributed by atoms with Crippen LogP contribution < -0.4 is 20.3 Å². The molecule has 2 aromatic rings. The van der Waals surface area contributed by atoms with Gasteiger partial charge in [-0.05, 0) is 35.9 Å². The minimum absolute atomic E-state index is 0.0630. The fourth-order valence-corrected chi connectivity index (χ4v) is 3.61. The Hall–Kier alpha value is -3.27. The van der Waals surface area contributed by atoms with E-state index >= 15 is 0 Å². The van der Waals surface area contributed by atoms with Crippen molar-refractivity contribution in [1.82, 2.24) is 5.32 Å². The number of anilines is 2. The number of carbonyl (C=O) groups excluding carboxylic acids is 2. The maximum atomic E-state index is 13.3. The third kappa shape index (κ3) is 6.61. The monoisotopic (exact) mass is 465 g/mol. The largest absolute Gasteiger partial charge is 0.497 e. The Morgan fingerprint density at radius 1 is 1.12 bits per heavy atom. The fourth-order valence-electron chi connectivity index (χ4n) is 3.61. The molecule has 0 aliphatic carbocycles. The van der Waals surface area contributed by atoms with Gasteiger partial charge in [-0.15, -0.1) is 0 Å². The van der Waals surface area contributed by atoms with E-state index in [4.69, 9.17) is 9.47 Å². The van der Waals surface area contributed by atoms with Gasteiger partial charge in [0.15, 0.2) is 0 Å². The molecule has 1 aliphatic heterocycles. The van der Waals surface area contributed by atoms with E-state index in [-0.39, 0.29) is 18.0 Å². The number of amides is 2. The molecular weight excluding hydrogens is 439 g/mol. The number of ether oxygens (including phenoxy) is 2. The van der Waals surface area contributed by atoms with E-state index in [1.807, 2.05) is 4.90 Å². The lowest BCUT2D eigenvalue weighted by Gasteiger charge is -2.31. The Bertz CT molecular complexity index is 974. The van der Waals surface area contributed by atoms with Crippen LogP contribution in [0.1, 0.15) is 30.5 Å². The zero-order valence-corrected chi connectivity index (χ0v) is 18.4. The first-order valence-corrected chi connectivity index (χ1v) is 10.4. The summed E-state index contributed by atoms with van der Waals surface area (Å²) >= 11 is 0. The molecule has 0 aromatic heterocycles. The van der Waals surface area contributed by atoms with Crippen molar-refractivity contribution in [3.8, 4) is 5.75 Å². The Labute approximate surface area is 189 Å². The van der Waals surface area contributed by atoms with Crippen molar-refractivity contribution in [2.45, 2.75) is 25.6 Å². The maximum absolute atomic E-state index is 13.3. The summed E-state index contributed by atoms with van der Waals surface area (Å²) in [6, 6.07) is 9.47. The molecule has 0 radical (unpaired) electrons. The lowest BCUT2D eigenvalue weighted by Crippen LogP contribution is -2.37. The molecule has 10 heteroatoms. The predicted molar refractivity (Wildman–Crippen MR) is 117 cm³/mol. The molecule has 0 unspecified atom stereocenters. The summed E-state index contributed by atoms with van der Waals surface area (Å²) in [6.45, 7) is 3.20. The molecule has 1 atom stereocenters. The van der Waals surface area contributed by atoms with Crippen molar-refractivity contribution in [3.63, 3.8) is 0 Å². The van der Waals surface area contributed by atoms with Crippen LogP contribution in [0.3, 0.4) is 0 Å². The van der Waals surface area contributed by atoms with Crippen LogP contribution in [0.4, 0.5) is 24.5 Å². The Balaban J connectivity index is 1.84. The van der Waals surface area contributed by atoms with E-state index in [1.165, 1.54) is 20.1 Å². The van der Waals surface area contributed by atoms with Gasteiger partial charge in [-0.1, -0.05) is 12.1 Å². The highest BCUT2D eigenvalue weighted by Crippen LogP contribution is 2.36. The minimum atomic E-state index is -4.55. The van der Waals surface area contributed by atoms with Crippen molar-refractivity contribution in [1.29, 1.82) is 0 Å². The number of methoxy groups -OCH3 is 1. The number of carbonyl (C=O) groups is 2. The van der Waals surface area contributed by atoms with Gasteiger partial charge in [0.2, 0.25) is 11.8 Å². The second-order valence-corrected chi connectivity index (χ2v) is 7.61. The molecule has 7 nitrogen and oxygen atoms in total. The minimum Gasteiger partial charge on any atom is -0.497 e. The van der Waals surface area contributed by atoms with Crippen LogP contribution in [0, 0.1) is 0 Å². The predicted octanol–water partition coefficient (Wildman–Crippen LogP) is 3.76. The van der Waals surface area contributed by atoms with Crippen LogP contribution in [0.15, 0.2) is 42.5 Å². The van der Waals surface area contributed by atoms with Crippen molar-refractivity contribution in [2.75, 3.05) is 43.6 Å². The molecule has 2 aromatic carbocycles. The molecule has 1 heterocycles. The van der Waals surface area contributed by atoms with Crippen LogP contribution in [-0.2, 0) is 20.5 Å². The van der Waals surface area contributed by atoms with Gasteiger partial charge in [-0.25, -0.2) is 0 Å². The number of alkyl halides is 3. The summed E-state index contributed by atoms with van der Waals surface area (Å²) in [4.78, 5) is 26.4. The molecule has 3 rings (SSSR count). The number of rotatable bonds is 7. The van der Waals surface area contributed by atoms with E-state index in [0.29, 0.717) is 43.3 Å². The van der Waals surface area contributed by atoms with E-state index < -0.39 is 23.7 Å². The highest BCUT2D eigenvalue weighted by molar-refractivity contribution is 5.95. The van der Waals surface area contributed by atoms with Crippen LogP contribution in [-0.4, -0.2) is 45.2 Å². The average Bonchev–Trinajstić information content (AvgIpc) is 2.78.